The van der Waals surface area contributed by atoms with Gasteiger partial charge < -0.3 is 5.32 Å². The highest BCUT2D eigenvalue weighted by Gasteiger charge is 2.40. The zero-order valence-corrected chi connectivity index (χ0v) is 12.0. The Morgan fingerprint density at radius 2 is 2.17 bits per heavy atom. The number of aromatic nitrogens is 1. The third kappa shape index (κ3) is 2.60. The van der Waals surface area contributed by atoms with Gasteiger partial charge in [0.05, 0.1) is 6.54 Å². The average molecular weight is 265 g/mol. The van der Waals surface area contributed by atoms with Crippen LogP contribution in [0.15, 0.2) is 11.6 Å². The van der Waals surface area contributed by atoms with Gasteiger partial charge in [-0.1, -0.05) is 6.92 Å². The number of hydrogen-bond acceptors (Lipinski definition) is 4. The van der Waals surface area contributed by atoms with E-state index < -0.39 is 0 Å². The fourth-order valence-corrected chi connectivity index (χ4v) is 4.16. The zero-order valence-electron chi connectivity index (χ0n) is 11.1. The summed E-state index contributed by atoms with van der Waals surface area (Å²) in [7, 11) is 0. The maximum atomic E-state index is 4.44. The van der Waals surface area contributed by atoms with Gasteiger partial charge in [0.1, 0.15) is 5.01 Å². The van der Waals surface area contributed by atoms with Crippen molar-refractivity contribution in [3.63, 3.8) is 0 Å². The van der Waals surface area contributed by atoms with Crippen LogP contribution in [-0.2, 0) is 6.54 Å². The Labute approximate surface area is 114 Å². The predicted octanol–water partition coefficient (Wildman–Crippen LogP) is 2.64. The van der Waals surface area contributed by atoms with E-state index in [1.807, 2.05) is 6.20 Å². The summed E-state index contributed by atoms with van der Waals surface area (Å²) in [5.74, 6) is 0. The summed E-state index contributed by atoms with van der Waals surface area (Å²) < 4.78 is 0. The Bertz CT molecular complexity index is 351. The Morgan fingerprint density at radius 3 is 2.78 bits per heavy atom. The van der Waals surface area contributed by atoms with E-state index in [9.17, 15) is 0 Å². The molecule has 1 N–H and O–H groups in total. The molecule has 1 aromatic heterocycles. The van der Waals surface area contributed by atoms with E-state index in [0.717, 1.165) is 24.7 Å². The van der Waals surface area contributed by atoms with Crippen molar-refractivity contribution >= 4 is 11.3 Å². The summed E-state index contributed by atoms with van der Waals surface area (Å²) >= 11 is 1.79. The molecule has 100 valence electrons. The lowest BCUT2D eigenvalue weighted by Gasteiger charge is -2.38. The van der Waals surface area contributed by atoms with Crippen molar-refractivity contribution in [3.05, 3.63) is 16.6 Å². The minimum absolute atomic E-state index is 0.759. The topological polar surface area (TPSA) is 28.2 Å². The van der Waals surface area contributed by atoms with E-state index >= 15 is 0 Å². The molecule has 2 bridgehead atoms. The van der Waals surface area contributed by atoms with Gasteiger partial charge in [-0.15, -0.1) is 11.3 Å². The van der Waals surface area contributed by atoms with Crippen LogP contribution < -0.4 is 5.32 Å². The molecule has 2 unspecified atom stereocenters. The van der Waals surface area contributed by atoms with E-state index in [4.69, 9.17) is 0 Å². The third-order valence-corrected chi connectivity index (χ3v) is 5.13. The molecular formula is C14H23N3S. The summed E-state index contributed by atoms with van der Waals surface area (Å²) in [6.07, 6.45) is 8.62. The van der Waals surface area contributed by atoms with Crippen LogP contribution in [0.5, 0.6) is 0 Å². The number of hydrogen-bond donors (Lipinski definition) is 1. The van der Waals surface area contributed by atoms with Crippen molar-refractivity contribution in [3.8, 4) is 0 Å². The molecule has 0 amide bonds. The number of nitrogens with zero attached hydrogens (tertiary/aromatic N) is 2. The van der Waals surface area contributed by atoms with Gasteiger partial charge in [-0.25, -0.2) is 4.98 Å². The molecular weight excluding hydrogens is 242 g/mol. The van der Waals surface area contributed by atoms with Crippen molar-refractivity contribution in [2.24, 2.45) is 0 Å². The molecule has 2 fully saturated rings. The van der Waals surface area contributed by atoms with Crippen LogP contribution in [0.3, 0.4) is 0 Å². The number of nitrogens with one attached hydrogen (secondary N) is 1. The highest BCUT2D eigenvalue weighted by Crippen LogP contribution is 2.36. The molecule has 18 heavy (non-hydrogen) atoms. The van der Waals surface area contributed by atoms with Gasteiger partial charge in [0.15, 0.2) is 0 Å². The van der Waals surface area contributed by atoms with Gasteiger partial charge in [0.2, 0.25) is 0 Å². The fraction of sp³-hybridized carbons (Fsp3) is 0.786. The molecule has 0 spiro atoms. The van der Waals surface area contributed by atoms with Crippen LogP contribution in [0.25, 0.3) is 0 Å². The zero-order chi connectivity index (χ0) is 12.4. The summed E-state index contributed by atoms with van der Waals surface area (Å²) in [4.78, 5) is 7.15. The second kappa shape index (κ2) is 5.68. The maximum Gasteiger partial charge on any atom is 0.107 e. The predicted molar refractivity (Wildman–Crippen MR) is 75.8 cm³/mol. The molecule has 0 aromatic carbocycles. The molecule has 2 saturated heterocycles. The van der Waals surface area contributed by atoms with Gasteiger partial charge in [-0.05, 0) is 38.6 Å². The number of rotatable bonds is 5. The molecule has 4 heteroatoms. The number of piperidine rings is 1. The molecule has 0 aliphatic carbocycles. The van der Waals surface area contributed by atoms with Gasteiger partial charge in [-0.2, -0.15) is 0 Å². The number of thiazole rings is 1. The Kier molecular flexibility index (Phi) is 3.97. The summed E-state index contributed by atoms with van der Waals surface area (Å²) in [5, 5.41) is 7.09. The summed E-state index contributed by atoms with van der Waals surface area (Å²) in [5.41, 5.74) is 0. The van der Waals surface area contributed by atoms with Gasteiger partial charge in [0.25, 0.3) is 0 Å². The second-order valence-electron chi connectivity index (χ2n) is 5.61. The largest absolute Gasteiger partial charge is 0.314 e. The van der Waals surface area contributed by atoms with Crippen LogP contribution in [0.4, 0.5) is 0 Å². The molecule has 0 radical (unpaired) electrons. The molecule has 1 aromatic rings. The monoisotopic (exact) mass is 265 g/mol. The van der Waals surface area contributed by atoms with Crippen LogP contribution in [0, 0.1) is 0 Å². The molecule has 2 atom stereocenters. The first-order chi connectivity index (χ1) is 8.86. The maximum absolute atomic E-state index is 4.44. The van der Waals surface area contributed by atoms with Crippen molar-refractivity contribution in [2.45, 2.75) is 63.7 Å². The minimum Gasteiger partial charge on any atom is -0.314 e. The average Bonchev–Trinajstić information content (AvgIpc) is 2.95. The quantitative estimate of drug-likeness (QED) is 0.887. The van der Waals surface area contributed by atoms with Gasteiger partial charge >= 0.3 is 0 Å². The summed E-state index contributed by atoms with van der Waals surface area (Å²) in [6.45, 7) is 4.50. The molecule has 2 aliphatic heterocycles. The van der Waals surface area contributed by atoms with E-state index in [0.29, 0.717) is 0 Å². The first kappa shape index (κ1) is 12.6. The Morgan fingerprint density at radius 1 is 1.39 bits per heavy atom. The van der Waals surface area contributed by atoms with Crippen molar-refractivity contribution in [1.82, 2.24) is 15.2 Å². The first-order valence-electron chi connectivity index (χ1n) is 7.24. The van der Waals surface area contributed by atoms with Gasteiger partial charge in [0, 0.05) is 29.7 Å². The van der Waals surface area contributed by atoms with E-state index in [1.54, 1.807) is 11.3 Å². The Hall–Kier alpha value is -0.450. The Balaban J connectivity index is 1.59. The van der Waals surface area contributed by atoms with Crippen LogP contribution >= 0.6 is 11.3 Å². The normalized spacial score (nSPS) is 31.9. The van der Waals surface area contributed by atoms with Crippen molar-refractivity contribution in [2.75, 3.05) is 6.54 Å². The fourth-order valence-electron chi connectivity index (χ4n) is 3.53. The molecule has 3 rings (SSSR count). The van der Waals surface area contributed by atoms with Gasteiger partial charge in [-0.3, -0.25) is 4.90 Å². The minimum atomic E-state index is 0.759. The van der Waals surface area contributed by atoms with E-state index in [1.165, 1.54) is 43.7 Å². The highest BCUT2D eigenvalue weighted by atomic mass is 32.1. The van der Waals surface area contributed by atoms with Crippen LogP contribution in [0.2, 0.25) is 0 Å². The second-order valence-corrected chi connectivity index (χ2v) is 6.58. The van der Waals surface area contributed by atoms with Crippen molar-refractivity contribution in [1.29, 1.82) is 0 Å². The highest BCUT2D eigenvalue weighted by molar-refractivity contribution is 7.09. The lowest BCUT2D eigenvalue weighted by molar-refractivity contribution is 0.109. The lowest BCUT2D eigenvalue weighted by atomic mass is 9.97. The lowest BCUT2D eigenvalue weighted by Crippen LogP contribution is -2.48. The molecule has 3 nitrogen and oxygen atoms in total. The molecule has 2 aliphatic rings. The van der Waals surface area contributed by atoms with Crippen molar-refractivity contribution < 1.29 is 0 Å². The van der Waals surface area contributed by atoms with Crippen LogP contribution in [0.1, 0.15) is 44.0 Å². The van der Waals surface area contributed by atoms with Crippen LogP contribution in [-0.4, -0.2) is 34.6 Å². The third-order valence-electron chi connectivity index (χ3n) is 4.37. The first-order valence-corrected chi connectivity index (χ1v) is 8.12. The number of fused-ring (bicyclic) bond motifs is 2. The summed E-state index contributed by atoms with van der Waals surface area (Å²) in [6, 6.07) is 2.35. The van der Waals surface area contributed by atoms with E-state index in [-0.39, 0.29) is 0 Å². The SMILES string of the molecule is CCCNC1CC2CCC(C1)N2Cc1nccs1. The molecule has 0 saturated carbocycles. The standard InChI is InChI=1S/C14H23N3S/c1-2-5-15-11-8-12-3-4-13(9-11)17(12)10-14-16-6-7-18-14/h6-7,11-13,15H,2-5,8-10H2,1H3. The van der Waals surface area contributed by atoms with E-state index in [2.05, 4.69) is 27.5 Å². The smallest absolute Gasteiger partial charge is 0.107 e. The molecule has 3 heterocycles.